The molecule has 0 aliphatic heterocycles. The third kappa shape index (κ3) is 1.70. The molecule has 0 bridgehead atoms. The van der Waals surface area contributed by atoms with Crippen LogP contribution in [0.3, 0.4) is 0 Å². The van der Waals surface area contributed by atoms with E-state index in [0.29, 0.717) is 5.56 Å². The molecule has 0 amide bonds. The molecule has 1 aliphatic rings. The van der Waals surface area contributed by atoms with Crippen molar-refractivity contribution in [3.63, 3.8) is 0 Å². The normalized spacial score (nSPS) is 24.6. The van der Waals surface area contributed by atoms with Gasteiger partial charge in [0.1, 0.15) is 4.75 Å². The largest absolute Gasteiger partial charge is 0.285 e. The fourth-order valence-electron chi connectivity index (χ4n) is 1.88. The Balaban J connectivity index is 2.62. The second kappa shape index (κ2) is 3.88. The van der Waals surface area contributed by atoms with Gasteiger partial charge < -0.3 is 0 Å². The Bertz CT molecular complexity index is 529. The predicted molar refractivity (Wildman–Crippen MR) is 62.6 cm³/mol. The van der Waals surface area contributed by atoms with E-state index in [1.54, 1.807) is 42.5 Å². The van der Waals surface area contributed by atoms with Gasteiger partial charge in [0.25, 0.3) is 10.1 Å². The van der Waals surface area contributed by atoms with Crippen LogP contribution in [0.4, 0.5) is 0 Å². The lowest BCUT2D eigenvalue weighted by molar-refractivity contribution is 0.448. The number of hydrogen-bond donors (Lipinski definition) is 1. The molecule has 16 heavy (non-hydrogen) atoms. The molecule has 1 aromatic carbocycles. The fraction of sp³-hybridized carbons (Fsp3) is 0.167. The summed E-state index contributed by atoms with van der Waals surface area (Å²) in [6.45, 7) is 0. The molecule has 0 fully saturated rings. The number of benzene rings is 1. The van der Waals surface area contributed by atoms with Crippen LogP contribution >= 0.6 is 0 Å². The lowest BCUT2D eigenvalue weighted by Crippen LogP contribution is -2.33. The van der Waals surface area contributed by atoms with Crippen LogP contribution < -0.4 is 0 Å². The zero-order valence-electron chi connectivity index (χ0n) is 8.58. The van der Waals surface area contributed by atoms with Gasteiger partial charge in [0.15, 0.2) is 0 Å². The zero-order chi connectivity index (χ0) is 11.6. The Hall–Kier alpha value is -1.39. The molecular weight excluding hydrogens is 224 g/mol. The van der Waals surface area contributed by atoms with Crippen molar-refractivity contribution in [2.75, 3.05) is 0 Å². The zero-order valence-corrected chi connectivity index (χ0v) is 9.39. The quantitative estimate of drug-likeness (QED) is 0.801. The van der Waals surface area contributed by atoms with Crippen LogP contribution in [-0.4, -0.2) is 13.0 Å². The summed E-state index contributed by atoms with van der Waals surface area (Å²) >= 11 is 0. The highest BCUT2D eigenvalue weighted by atomic mass is 32.2. The van der Waals surface area contributed by atoms with E-state index in [2.05, 4.69) is 0 Å². The van der Waals surface area contributed by atoms with E-state index in [4.69, 9.17) is 0 Å². The minimum atomic E-state index is -4.18. The Labute approximate surface area is 94.9 Å². The summed E-state index contributed by atoms with van der Waals surface area (Å²) in [6.07, 6.45) is 6.93. The fourth-order valence-corrected chi connectivity index (χ4v) is 2.87. The third-order valence-corrected chi connectivity index (χ3v) is 4.22. The van der Waals surface area contributed by atoms with E-state index in [-0.39, 0.29) is 6.42 Å². The molecule has 1 aliphatic carbocycles. The molecular formula is C12H12O3S. The average molecular weight is 236 g/mol. The van der Waals surface area contributed by atoms with Gasteiger partial charge in [-0.25, -0.2) is 0 Å². The molecule has 0 heterocycles. The summed E-state index contributed by atoms with van der Waals surface area (Å²) in [5.74, 6) is 0. The van der Waals surface area contributed by atoms with Gasteiger partial charge in [0.05, 0.1) is 0 Å². The number of hydrogen-bond acceptors (Lipinski definition) is 2. The summed E-state index contributed by atoms with van der Waals surface area (Å²) < 4.78 is 31.3. The first-order valence-corrected chi connectivity index (χ1v) is 6.37. The van der Waals surface area contributed by atoms with E-state index in [1.165, 1.54) is 6.08 Å². The molecule has 3 nitrogen and oxygen atoms in total. The van der Waals surface area contributed by atoms with Gasteiger partial charge in [0.2, 0.25) is 0 Å². The highest BCUT2D eigenvalue weighted by Gasteiger charge is 2.41. The van der Waals surface area contributed by atoms with Gasteiger partial charge in [-0.2, -0.15) is 8.42 Å². The van der Waals surface area contributed by atoms with Crippen LogP contribution in [0.15, 0.2) is 54.6 Å². The maximum atomic E-state index is 11.6. The van der Waals surface area contributed by atoms with Crippen LogP contribution in [0.25, 0.3) is 0 Å². The van der Waals surface area contributed by atoms with Crippen molar-refractivity contribution in [3.8, 4) is 0 Å². The van der Waals surface area contributed by atoms with Crippen molar-refractivity contribution >= 4 is 10.1 Å². The Morgan fingerprint density at radius 1 is 1.12 bits per heavy atom. The summed E-state index contributed by atoms with van der Waals surface area (Å²) in [5.41, 5.74) is 0.582. The van der Waals surface area contributed by atoms with Gasteiger partial charge in [-0.1, -0.05) is 54.6 Å². The van der Waals surface area contributed by atoms with Gasteiger partial charge in [-0.3, -0.25) is 4.55 Å². The molecule has 0 spiro atoms. The molecule has 4 heteroatoms. The van der Waals surface area contributed by atoms with Crippen molar-refractivity contribution < 1.29 is 13.0 Å². The molecule has 1 aromatic rings. The summed E-state index contributed by atoms with van der Waals surface area (Å²) in [5, 5.41) is 0. The predicted octanol–water partition coefficient (Wildman–Crippen LogP) is 2.29. The minimum Gasteiger partial charge on any atom is -0.285 e. The number of allylic oxidation sites excluding steroid dienone is 3. The first kappa shape index (κ1) is 11.1. The Morgan fingerprint density at radius 2 is 1.81 bits per heavy atom. The van der Waals surface area contributed by atoms with Gasteiger partial charge in [0, 0.05) is 0 Å². The summed E-state index contributed by atoms with van der Waals surface area (Å²) in [4.78, 5) is 0. The number of rotatable bonds is 2. The van der Waals surface area contributed by atoms with Crippen molar-refractivity contribution in [1.82, 2.24) is 0 Å². The lowest BCUT2D eigenvalue weighted by atomic mass is 9.91. The Morgan fingerprint density at radius 3 is 2.31 bits per heavy atom. The molecule has 0 saturated heterocycles. The maximum Gasteiger partial charge on any atom is 0.278 e. The topological polar surface area (TPSA) is 54.4 Å². The molecule has 1 unspecified atom stereocenters. The van der Waals surface area contributed by atoms with Crippen LogP contribution in [0, 0.1) is 0 Å². The maximum absolute atomic E-state index is 11.6. The monoisotopic (exact) mass is 236 g/mol. The molecule has 0 saturated carbocycles. The molecule has 1 atom stereocenters. The molecule has 2 rings (SSSR count). The highest BCUT2D eigenvalue weighted by molar-refractivity contribution is 7.87. The third-order valence-electron chi connectivity index (χ3n) is 2.76. The smallest absolute Gasteiger partial charge is 0.278 e. The van der Waals surface area contributed by atoms with Gasteiger partial charge >= 0.3 is 0 Å². The van der Waals surface area contributed by atoms with Crippen LogP contribution in [0.5, 0.6) is 0 Å². The molecule has 0 radical (unpaired) electrons. The molecule has 0 aromatic heterocycles. The first-order valence-electron chi connectivity index (χ1n) is 4.93. The molecule has 84 valence electrons. The van der Waals surface area contributed by atoms with E-state index < -0.39 is 14.9 Å². The van der Waals surface area contributed by atoms with E-state index in [1.807, 2.05) is 6.07 Å². The van der Waals surface area contributed by atoms with Gasteiger partial charge in [-0.05, 0) is 12.0 Å². The highest BCUT2D eigenvalue weighted by Crippen LogP contribution is 2.37. The first-order chi connectivity index (χ1) is 7.56. The van der Waals surface area contributed by atoms with Crippen molar-refractivity contribution in [3.05, 3.63) is 60.2 Å². The van der Waals surface area contributed by atoms with Crippen molar-refractivity contribution in [2.24, 2.45) is 0 Å². The standard InChI is InChI=1S/C12H12O3S/c13-16(14,15)12(9-5-2-6-10-12)11-7-3-1-4-8-11/h1-9H,10H2,(H,13,14,15). The van der Waals surface area contributed by atoms with Crippen molar-refractivity contribution in [1.29, 1.82) is 0 Å². The van der Waals surface area contributed by atoms with E-state index in [0.717, 1.165) is 0 Å². The van der Waals surface area contributed by atoms with Crippen LogP contribution in [-0.2, 0) is 14.9 Å². The van der Waals surface area contributed by atoms with E-state index in [9.17, 15) is 13.0 Å². The van der Waals surface area contributed by atoms with Crippen LogP contribution in [0.2, 0.25) is 0 Å². The van der Waals surface area contributed by atoms with Gasteiger partial charge in [-0.15, -0.1) is 0 Å². The molecule has 1 N–H and O–H groups in total. The minimum absolute atomic E-state index is 0.256. The average Bonchev–Trinajstić information content (AvgIpc) is 2.30. The second-order valence-electron chi connectivity index (χ2n) is 3.72. The van der Waals surface area contributed by atoms with Crippen molar-refractivity contribution in [2.45, 2.75) is 11.2 Å². The summed E-state index contributed by atoms with van der Waals surface area (Å²) in [6, 6.07) is 8.74. The Kier molecular flexibility index (Phi) is 2.69. The SMILES string of the molecule is O=S(=O)(O)C1(c2ccccc2)C=CC=CC1. The lowest BCUT2D eigenvalue weighted by Gasteiger charge is -2.28. The van der Waals surface area contributed by atoms with E-state index >= 15 is 0 Å². The van der Waals surface area contributed by atoms with Crippen LogP contribution in [0.1, 0.15) is 12.0 Å². The summed E-state index contributed by atoms with van der Waals surface area (Å²) in [7, 11) is -4.18. The second-order valence-corrected chi connectivity index (χ2v) is 5.40.